The first-order valence-electron chi connectivity index (χ1n) is 7.48. The Bertz CT molecular complexity index is 792. The van der Waals surface area contributed by atoms with E-state index in [9.17, 15) is 17.6 Å². The molecule has 0 amide bonds. The normalized spacial score (nSPS) is 11.0. The van der Waals surface area contributed by atoms with Gasteiger partial charge in [-0.25, -0.2) is 4.39 Å². The third-order valence-corrected chi connectivity index (χ3v) is 2.96. The average Bonchev–Trinajstić information content (AvgIpc) is 2.53. The molecule has 1 N–H and O–H groups in total. The van der Waals surface area contributed by atoms with E-state index in [0.29, 0.717) is 5.56 Å². The lowest BCUT2D eigenvalue weighted by Crippen LogP contribution is -2.09. The first-order chi connectivity index (χ1) is 11.8. The summed E-state index contributed by atoms with van der Waals surface area (Å²) >= 11 is 0. The zero-order valence-electron chi connectivity index (χ0n) is 13.6. The minimum Gasteiger partial charge on any atom is -0.488 e. The van der Waals surface area contributed by atoms with Crippen LogP contribution in [0.4, 0.5) is 23.2 Å². The molecule has 3 nitrogen and oxygen atoms in total. The van der Waals surface area contributed by atoms with Crippen molar-refractivity contribution in [3.8, 4) is 17.6 Å². The van der Waals surface area contributed by atoms with E-state index in [4.69, 9.17) is 4.74 Å². The predicted octanol–water partition coefficient (Wildman–Crippen LogP) is 4.49. The number of rotatable bonds is 4. The minimum absolute atomic E-state index is 0.104. The monoisotopic (exact) mass is 352 g/mol. The zero-order valence-corrected chi connectivity index (χ0v) is 13.6. The van der Waals surface area contributed by atoms with Crippen LogP contribution in [0.2, 0.25) is 0 Å². The molecule has 1 aromatic carbocycles. The molecule has 1 heterocycles. The van der Waals surface area contributed by atoms with Gasteiger partial charge in [-0.2, -0.15) is 13.2 Å². The predicted molar refractivity (Wildman–Crippen MR) is 86.8 cm³/mol. The van der Waals surface area contributed by atoms with Gasteiger partial charge in [0.1, 0.15) is 5.69 Å². The van der Waals surface area contributed by atoms with E-state index in [-0.39, 0.29) is 24.1 Å². The molecule has 0 atom stereocenters. The molecule has 2 rings (SSSR count). The lowest BCUT2D eigenvalue weighted by Gasteiger charge is -2.10. The van der Waals surface area contributed by atoms with Crippen molar-refractivity contribution >= 4 is 5.69 Å². The molecule has 0 aliphatic heterocycles. The molecule has 0 unspecified atom stereocenters. The van der Waals surface area contributed by atoms with Crippen LogP contribution in [0.3, 0.4) is 0 Å². The maximum atomic E-state index is 13.8. The highest BCUT2D eigenvalue weighted by molar-refractivity contribution is 5.46. The first kappa shape index (κ1) is 18.6. The van der Waals surface area contributed by atoms with Gasteiger partial charge >= 0.3 is 6.18 Å². The van der Waals surface area contributed by atoms with Crippen LogP contribution in [0.5, 0.6) is 5.75 Å². The van der Waals surface area contributed by atoms with E-state index in [1.807, 2.05) is 0 Å². The van der Waals surface area contributed by atoms with Crippen LogP contribution in [0.25, 0.3) is 0 Å². The molecule has 2 aromatic rings. The molecule has 25 heavy (non-hydrogen) atoms. The van der Waals surface area contributed by atoms with Gasteiger partial charge in [-0.05, 0) is 44.2 Å². The van der Waals surface area contributed by atoms with Crippen LogP contribution >= 0.6 is 0 Å². The molecule has 0 aliphatic carbocycles. The van der Waals surface area contributed by atoms with Crippen LogP contribution in [-0.2, 0) is 6.18 Å². The number of ether oxygens (including phenoxy) is 1. The first-order valence-corrected chi connectivity index (χ1v) is 7.48. The lowest BCUT2D eigenvalue weighted by atomic mass is 10.2. The summed E-state index contributed by atoms with van der Waals surface area (Å²) in [5.74, 6) is 5.09. The Morgan fingerprint density at radius 1 is 1.20 bits per heavy atom. The summed E-state index contributed by atoms with van der Waals surface area (Å²) < 4.78 is 56.8. The van der Waals surface area contributed by atoms with Crippen LogP contribution < -0.4 is 10.1 Å². The van der Waals surface area contributed by atoms with Gasteiger partial charge in [0.05, 0.1) is 12.6 Å². The van der Waals surface area contributed by atoms with Gasteiger partial charge in [-0.3, -0.25) is 4.98 Å². The number of nitrogens with one attached hydrogen (secondary N) is 1. The van der Waals surface area contributed by atoms with Crippen molar-refractivity contribution < 1.29 is 22.3 Å². The highest BCUT2D eigenvalue weighted by atomic mass is 19.4. The van der Waals surface area contributed by atoms with E-state index in [0.717, 1.165) is 12.3 Å². The quantitative estimate of drug-likeness (QED) is 0.650. The fourth-order valence-corrected chi connectivity index (χ4v) is 1.92. The van der Waals surface area contributed by atoms with Crippen molar-refractivity contribution in [2.24, 2.45) is 0 Å². The van der Waals surface area contributed by atoms with Crippen LogP contribution in [0, 0.1) is 17.7 Å². The Labute approximate surface area is 143 Å². The highest BCUT2D eigenvalue weighted by Crippen LogP contribution is 2.28. The number of halogens is 4. The topological polar surface area (TPSA) is 34.1 Å². The minimum atomic E-state index is -4.50. The molecule has 0 saturated carbocycles. The van der Waals surface area contributed by atoms with Gasteiger partial charge < -0.3 is 10.1 Å². The Balaban J connectivity index is 1.98. The third-order valence-electron chi connectivity index (χ3n) is 2.96. The van der Waals surface area contributed by atoms with Crippen LogP contribution in [0.15, 0.2) is 36.5 Å². The summed E-state index contributed by atoms with van der Waals surface area (Å²) in [5.41, 5.74) is -0.280. The Morgan fingerprint density at radius 3 is 2.60 bits per heavy atom. The van der Waals surface area contributed by atoms with Gasteiger partial charge in [0.15, 0.2) is 11.6 Å². The summed E-state index contributed by atoms with van der Waals surface area (Å²) in [6, 6.07) is 6.67. The van der Waals surface area contributed by atoms with Crippen LogP contribution in [0.1, 0.15) is 25.1 Å². The largest absolute Gasteiger partial charge is 0.488 e. The number of aromatic nitrogens is 1. The van der Waals surface area contributed by atoms with Gasteiger partial charge in [0, 0.05) is 17.4 Å². The summed E-state index contributed by atoms with van der Waals surface area (Å²) in [6.45, 7) is 3.69. The van der Waals surface area contributed by atoms with Crippen LogP contribution in [-0.4, -0.2) is 17.6 Å². The third kappa shape index (κ3) is 5.68. The van der Waals surface area contributed by atoms with E-state index < -0.39 is 17.7 Å². The van der Waals surface area contributed by atoms with Gasteiger partial charge in [-0.1, -0.05) is 11.8 Å². The van der Waals surface area contributed by atoms with Crippen molar-refractivity contribution in [3.63, 3.8) is 0 Å². The number of anilines is 1. The van der Waals surface area contributed by atoms with Gasteiger partial charge in [0.2, 0.25) is 0 Å². The molecule has 7 heteroatoms. The van der Waals surface area contributed by atoms with Crippen molar-refractivity contribution in [1.29, 1.82) is 0 Å². The number of nitrogens with zero attached hydrogens (tertiary/aromatic N) is 1. The van der Waals surface area contributed by atoms with Gasteiger partial charge in [-0.15, -0.1) is 0 Å². The number of benzene rings is 1. The molecule has 0 saturated heterocycles. The maximum absolute atomic E-state index is 13.8. The molecule has 1 aromatic heterocycles. The smallest absolute Gasteiger partial charge is 0.433 e. The summed E-state index contributed by atoms with van der Waals surface area (Å²) in [5, 5.41) is 2.75. The molecule has 0 radical (unpaired) electrons. The molecular formula is C18H16F4N2O. The van der Waals surface area contributed by atoms with Crippen molar-refractivity contribution in [2.75, 3.05) is 11.9 Å². The second kappa shape index (κ2) is 7.88. The SMILES string of the molecule is CC(C)Oc1ccc(C#CCNc2ccnc(C(F)(F)F)c2)cc1F. The van der Waals surface area contributed by atoms with Crippen molar-refractivity contribution in [2.45, 2.75) is 26.1 Å². The Morgan fingerprint density at radius 2 is 1.96 bits per heavy atom. The molecule has 0 aliphatic rings. The van der Waals surface area contributed by atoms with E-state index >= 15 is 0 Å². The number of hydrogen-bond donors (Lipinski definition) is 1. The van der Waals surface area contributed by atoms with Crippen molar-refractivity contribution in [3.05, 3.63) is 53.6 Å². The van der Waals surface area contributed by atoms with E-state index in [2.05, 4.69) is 22.1 Å². The van der Waals surface area contributed by atoms with E-state index in [1.165, 1.54) is 18.2 Å². The molecule has 0 bridgehead atoms. The molecule has 0 fully saturated rings. The van der Waals surface area contributed by atoms with E-state index in [1.54, 1.807) is 19.9 Å². The lowest BCUT2D eigenvalue weighted by molar-refractivity contribution is -0.141. The van der Waals surface area contributed by atoms with Crippen molar-refractivity contribution in [1.82, 2.24) is 4.98 Å². The number of alkyl halides is 3. The average molecular weight is 352 g/mol. The Hall–Kier alpha value is -2.75. The summed E-state index contributed by atoms with van der Waals surface area (Å²) in [4.78, 5) is 3.27. The Kier molecular flexibility index (Phi) is 5.86. The number of pyridine rings is 1. The standard InChI is InChI=1S/C18H16F4N2O/c1-12(2)25-16-6-5-13(10-15(16)19)4-3-8-23-14-7-9-24-17(11-14)18(20,21)22/h5-7,9-12H,8H2,1-2H3,(H,23,24). The zero-order chi connectivity index (χ0) is 18.4. The summed E-state index contributed by atoms with van der Waals surface area (Å²) in [7, 11) is 0. The molecule has 132 valence electrons. The van der Waals surface area contributed by atoms with Gasteiger partial charge in [0.25, 0.3) is 0 Å². The fourth-order valence-electron chi connectivity index (χ4n) is 1.92. The fraction of sp³-hybridized carbons (Fsp3) is 0.278. The maximum Gasteiger partial charge on any atom is 0.433 e. The molecular weight excluding hydrogens is 336 g/mol. The number of hydrogen-bond acceptors (Lipinski definition) is 3. The molecule has 0 spiro atoms. The summed E-state index contributed by atoms with van der Waals surface area (Å²) in [6.07, 6.45) is -3.57. The second-order valence-electron chi connectivity index (χ2n) is 5.39. The highest BCUT2D eigenvalue weighted by Gasteiger charge is 2.32. The second-order valence-corrected chi connectivity index (χ2v) is 5.39.